The topological polar surface area (TPSA) is 62.4 Å². The predicted octanol–water partition coefficient (Wildman–Crippen LogP) is 3.15. The van der Waals surface area contributed by atoms with Crippen LogP contribution in [0.15, 0.2) is 34.9 Å². The Hall–Kier alpha value is -1.72. The first-order chi connectivity index (χ1) is 11.3. The van der Waals surface area contributed by atoms with Crippen molar-refractivity contribution in [1.29, 1.82) is 0 Å². The lowest BCUT2D eigenvalue weighted by Gasteiger charge is -2.27. The number of aliphatic hydroxyl groups is 1. The summed E-state index contributed by atoms with van der Waals surface area (Å²) in [4.78, 5) is 6.67. The Balaban J connectivity index is 0.000000924. The van der Waals surface area contributed by atoms with E-state index in [1.54, 1.807) is 0 Å². The second-order valence-electron chi connectivity index (χ2n) is 5.60. The number of piperidine rings is 1. The second kappa shape index (κ2) is 9.43. The molecule has 1 fully saturated rings. The highest BCUT2D eigenvalue weighted by molar-refractivity contribution is 5.53. The van der Waals surface area contributed by atoms with E-state index in [-0.39, 0.29) is 0 Å². The van der Waals surface area contributed by atoms with Crippen molar-refractivity contribution in [1.82, 2.24) is 15.0 Å². The Morgan fingerprint density at radius 2 is 1.83 bits per heavy atom. The zero-order valence-corrected chi connectivity index (χ0v) is 14.1. The smallest absolute Gasteiger partial charge is 0.229 e. The van der Waals surface area contributed by atoms with Gasteiger partial charge in [-0.15, -0.1) is 0 Å². The zero-order chi connectivity index (χ0) is 16.5. The molecule has 1 N–H and O–H groups in total. The fourth-order valence-corrected chi connectivity index (χ4v) is 2.75. The minimum Gasteiger partial charge on any atom is -0.391 e. The number of benzene rings is 1. The molecule has 2 aromatic rings. The number of hydrogen-bond donors (Lipinski definition) is 1. The van der Waals surface area contributed by atoms with Crippen molar-refractivity contribution in [3.63, 3.8) is 0 Å². The molecule has 23 heavy (non-hydrogen) atoms. The van der Waals surface area contributed by atoms with E-state index in [0.717, 1.165) is 18.7 Å². The zero-order valence-electron chi connectivity index (χ0n) is 14.1. The molecule has 1 unspecified atom stereocenters. The van der Waals surface area contributed by atoms with E-state index < -0.39 is 6.10 Å². The first-order valence-electron chi connectivity index (χ1n) is 8.60. The lowest BCUT2D eigenvalue weighted by atomic mass is 10.1. The maximum absolute atomic E-state index is 10.2. The van der Waals surface area contributed by atoms with Gasteiger partial charge in [-0.25, -0.2) is 0 Å². The highest BCUT2D eigenvalue weighted by atomic mass is 16.5. The molecule has 0 radical (unpaired) electrons. The minimum absolute atomic E-state index is 0.413. The molecule has 3 rings (SSSR count). The average Bonchev–Trinajstić information content (AvgIpc) is 3.07. The van der Waals surface area contributed by atoms with Gasteiger partial charge in [0, 0.05) is 12.1 Å². The van der Waals surface area contributed by atoms with Gasteiger partial charge in [-0.05, 0) is 25.9 Å². The second-order valence-corrected chi connectivity index (χ2v) is 5.60. The molecular weight excluding hydrogens is 290 g/mol. The molecule has 1 atom stereocenters. The number of aromatic nitrogens is 2. The van der Waals surface area contributed by atoms with Crippen LogP contribution in [0.4, 0.5) is 0 Å². The van der Waals surface area contributed by atoms with Crippen molar-refractivity contribution in [2.75, 3.05) is 19.6 Å². The van der Waals surface area contributed by atoms with E-state index in [1.165, 1.54) is 19.3 Å². The van der Waals surface area contributed by atoms with Crippen molar-refractivity contribution < 1.29 is 9.63 Å². The van der Waals surface area contributed by atoms with Crippen LogP contribution in [-0.4, -0.2) is 45.9 Å². The van der Waals surface area contributed by atoms with Gasteiger partial charge in [0.05, 0.1) is 12.5 Å². The molecule has 1 aliphatic rings. The maximum Gasteiger partial charge on any atom is 0.229 e. The van der Waals surface area contributed by atoms with Crippen molar-refractivity contribution in [2.24, 2.45) is 0 Å². The molecule has 1 saturated heterocycles. The number of aliphatic hydroxyl groups excluding tert-OH is 1. The van der Waals surface area contributed by atoms with Crippen molar-refractivity contribution in [3.8, 4) is 11.4 Å². The molecule has 5 heteroatoms. The normalized spacial score (nSPS) is 16.5. The summed E-state index contributed by atoms with van der Waals surface area (Å²) in [6.07, 6.45) is 3.72. The monoisotopic (exact) mass is 317 g/mol. The van der Waals surface area contributed by atoms with E-state index in [2.05, 4.69) is 15.0 Å². The van der Waals surface area contributed by atoms with Crippen LogP contribution < -0.4 is 0 Å². The van der Waals surface area contributed by atoms with Gasteiger partial charge in [0.1, 0.15) is 0 Å². The third kappa shape index (κ3) is 5.44. The lowest BCUT2D eigenvalue weighted by Crippen LogP contribution is -2.37. The summed E-state index contributed by atoms with van der Waals surface area (Å²) in [7, 11) is 0. The van der Waals surface area contributed by atoms with Gasteiger partial charge in [0.2, 0.25) is 11.7 Å². The number of hydrogen-bond acceptors (Lipinski definition) is 5. The van der Waals surface area contributed by atoms with Gasteiger partial charge in [-0.1, -0.05) is 55.8 Å². The third-order valence-electron chi connectivity index (χ3n) is 3.83. The van der Waals surface area contributed by atoms with E-state index in [1.807, 2.05) is 44.2 Å². The lowest BCUT2D eigenvalue weighted by molar-refractivity contribution is 0.0949. The number of rotatable bonds is 5. The molecule has 0 bridgehead atoms. The minimum atomic E-state index is -0.452. The van der Waals surface area contributed by atoms with Crippen molar-refractivity contribution in [2.45, 2.75) is 45.6 Å². The Kier molecular flexibility index (Phi) is 7.23. The molecule has 0 amide bonds. The summed E-state index contributed by atoms with van der Waals surface area (Å²) in [6.45, 7) is 6.84. The quantitative estimate of drug-likeness (QED) is 0.918. The van der Waals surface area contributed by atoms with Crippen molar-refractivity contribution in [3.05, 3.63) is 36.2 Å². The van der Waals surface area contributed by atoms with Crippen LogP contribution >= 0.6 is 0 Å². The Labute approximate surface area is 138 Å². The Morgan fingerprint density at radius 3 is 2.52 bits per heavy atom. The fourth-order valence-electron chi connectivity index (χ4n) is 2.75. The van der Waals surface area contributed by atoms with Gasteiger partial charge in [-0.3, -0.25) is 0 Å². The Bertz CT molecular complexity index is 550. The van der Waals surface area contributed by atoms with Crippen LogP contribution in [0.25, 0.3) is 11.4 Å². The van der Waals surface area contributed by atoms with E-state index >= 15 is 0 Å². The summed E-state index contributed by atoms with van der Waals surface area (Å²) in [5.74, 6) is 1.08. The number of likely N-dealkylation sites (tertiary alicyclic amines) is 1. The van der Waals surface area contributed by atoms with Crippen LogP contribution in [0.1, 0.15) is 39.0 Å². The first kappa shape index (κ1) is 17.6. The van der Waals surface area contributed by atoms with Gasteiger partial charge in [0.15, 0.2) is 0 Å². The molecule has 0 aliphatic carbocycles. The summed E-state index contributed by atoms with van der Waals surface area (Å²) >= 11 is 0. The maximum atomic E-state index is 10.2. The summed E-state index contributed by atoms with van der Waals surface area (Å²) in [5.41, 5.74) is 0.929. The van der Waals surface area contributed by atoms with E-state index in [4.69, 9.17) is 4.52 Å². The van der Waals surface area contributed by atoms with Gasteiger partial charge < -0.3 is 14.5 Å². The largest absolute Gasteiger partial charge is 0.391 e. The van der Waals surface area contributed by atoms with Crippen LogP contribution in [0, 0.1) is 0 Å². The molecule has 1 aromatic carbocycles. The van der Waals surface area contributed by atoms with Gasteiger partial charge >= 0.3 is 0 Å². The van der Waals surface area contributed by atoms with Crippen LogP contribution in [-0.2, 0) is 6.42 Å². The van der Waals surface area contributed by atoms with Crippen LogP contribution in [0.5, 0.6) is 0 Å². The summed E-state index contributed by atoms with van der Waals surface area (Å²) in [5, 5.41) is 14.1. The molecule has 126 valence electrons. The summed E-state index contributed by atoms with van der Waals surface area (Å²) < 4.78 is 5.24. The molecular formula is C18H27N3O2. The highest BCUT2D eigenvalue weighted by Gasteiger charge is 2.17. The predicted molar refractivity (Wildman–Crippen MR) is 91.1 cm³/mol. The van der Waals surface area contributed by atoms with E-state index in [9.17, 15) is 5.11 Å². The number of nitrogens with zero attached hydrogens (tertiary/aromatic N) is 3. The molecule has 1 aliphatic heterocycles. The summed E-state index contributed by atoms with van der Waals surface area (Å²) in [6, 6.07) is 9.72. The standard InChI is InChI=1S/C16H21N3O2.C2H6/c20-14(12-19-9-5-2-6-10-19)11-15-17-16(18-21-15)13-7-3-1-4-8-13;1-2/h1,3-4,7-8,14,20H,2,5-6,9-12H2;1-2H3. The average molecular weight is 317 g/mol. The first-order valence-corrected chi connectivity index (χ1v) is 8.60. The van der Waals surface area contributed by atoms with Crippen LogP contribution in [0.3, 0.4) is 0 Å². The Morgan fingerprint density at radius 1 is 1.13 bits per heavy atom. The fraction of sp³-hybridized carbons (Fsp3) is 0.556. The number of β-amino-alcohol motifs (C(OH)–C–C–N with tert-alkyl or cyclic N) is 1. The van der Waals surface area contributed by atoms with Crippen molar-refractivity contribution >= 4 is 0 Å². The molecule has 1 aromatic heterocycles. The molecule has 0 saturated carbocycles. The third-order valence-corrected chi connectivity index (χ3v) is 3.83. The van der Waals surface area contributed by atoms with E-state index in [0.29, 0.717) is 24.7 Å². The highest BCUT2D eigenvalue weighted by Crippen LogP contribution is 2.16. The van der Waals surface area contributed by atoms with Gasteiger partial charge in [-0.2, -0.15) is 4.98 Å². The van der Waals surface area contributed by atoms with Gasteiger partial charge in [0.25, 0.3) is 0 Å². The molecule has 2 heterocycles. The van der Waals surface area contributed by atoms with Crippen LogP contribution in [0.2, 0.25) is 0 Å². The molecule has 5 nitrogen and oxygen atoms in total. The molecule has 0 spiro atoms. The SMILES string of the molecule is CC.OC(Cc1nc(-c2ccccc2)no1)CN1CCCCC1.